The topological polar surface area (TPSA) is 17.1 Å². The number of carbonyl (C=O) groups excluding carboxylic acids is 1. The third-order valence-electron chi connectivity index (χ3n) is 2.30. The van der Waals surface area contributed by atoms with E-state index in [1.807, 2.05) is 11.8 Å². The average molecular weight is 192 g/mol. The number of aldehydes is 1. The van der Waals surface area contributed by atoms with Crippen LogP contribution in [-0.2, 0) is 17.6 Å². The van der Waals surface area contributed by atoms with Gasteiger partial charge in [0.25, 0.3) is 0 Å². The van der Waals surface area contributed by atoms with Crippen LogP contribution in [0.25, 0.3) is 0 Å². The Morgan fingerprint density at radius 2 is 2.38 bits per heavy atom. The Kier molecular flexibility index (Phi) is 2.69. The normalized spacial score (nSPS) is 14.2. The molecule has 1 aliphatic rings. The van der Waals surface area contributed by atoms with Crippen molar-refractivity contribution < 1.29 is 4.79 Å². The molecule has 2 rings (SSSR count). The molecule has 0 saturated heterocycles. The van der Waals surface area contributed by atoms with Crippen LogP contribution in [0.4, 0.5) is 0 Å². The van der Waals surface area contributed by atoms with E-state index in [0.717, 1.165) is 12.7 Å². The second kappa shape index (κ2) is 3.97. The summed E-state index contributed by atoms with van der Waals surface area (Å²) in [5, 5.41) is 0. The van der Waals surface area contributed by atoms with E-state index in [2.05, 4.69) is 18.2 Å². The van der Waals surface area contributed by atoms with E-state index in [4.69, 9.17) is 0 Å². The van der Waals surface area contributed by atoms with Gasteiger partial charge in [-0.15, -0.1) is 11.8 Å². The molecule has 0 radical (unpaired) electrons. The van der Waals surface area contributed by atoms with Crippen molar-refractivity contribution in [2.75, 3.05) is 5.75 Å². The summed E-state index contributed by atoms with van der Waals surface area (Å²) in [7, 11) is 0. The van der Waals surface area contributed by atoms with Crippen molar-refractivity contribution in [2.24, 2.45) is 0 Å². The van der Waals surface area contributed by atoms with Gasteiger partial charge < -0.3 is 4.79 Å². The van der Waals surface area contributed by atoms with Crippen molar-refractivity contribution in [1.82, 2.24) is 0 Å². The number of fused-ring (bicyclic) bond motifs is 1. The van der Waals surface area contributed by atoms with Crippen molar-refractivity contribution in [3.05, 3.63) is 29.3 Å². The van der Waals surface area contributed by atoms with Gasteiger partial charge in [0.2, 0.25) is 0 Å². The van der Waals surface area contributed by atoms with Gasteiger partial charge in [-0.05, 0) is 30.0 Å². The molecule has 0 spiro atoms. The maximum atomic E-state index is 10.2. The van der Waals surface area contributed by atoms with Gasteiger partial charge in [0.15, 0.2) is 0 Å². The van der Waals surface area contributed by atoms with Crippen molar-refractivity contribution in [3.63, 3.8) is 0 Å². The molecule has 0 aliphatic carbocycles. The fourth-order valence-electron chi connectivity index (χ4n) is 1.62. The SMILES string of the molecule is O=CCCc1ccc2c(c1)CCS2. The molecule has 1 nitrogen and oxygen atoms in total. The smallest absolute Gasteiger partial charge is 0.120 e. The molecule has 0 amide bonds. The van der Waals surface area contributed by atoms with Crippen LogP contribution >= 0.6 is 11.8 Å². The predicted molar refractivity (Wildman–Crippen MR) is 55.3 cm³/mol. The molecule has 68 valence electrons. The van der Waals surface area contributed by atoms with E-state index in [-0.39, 0.29) is 0 Å². The summed E-state index contributed by atoms with van der Waals surface area (Å²) >= 11 is 1.93. The molecule has 0 saturated carbocycles. The van der Waals surface area contributed by atoms with Crippen molar-refractivity contribution in [2.45, 2.75) is 24.2 Å². The highest BCUT2D eigenvalue weighted by Crippen LogP contribution is 2.31. The van der Waals surface area contributed by atoms with Crippen molar-refractivity contribution >= 4 is 18.0 Å². The van der Waals surface area contributed by atoms with Crippen LogP contribution in [0.5, 0.6) is 0 Å². The van der Waals surface area contributed by atoms with Gasteiger partial charge in [0, 0.05) is 17.1 Å². The monoisotopic (exact) mass is 192 g/mol. The summed E-state index contributed by atoms with van der Waals surface area (Å²) in [4.78, 5) is 11.6. The lowest BCUT2D eigenvalue weighted by atomic mass is 10.1. The molecule has 1 heterocycles. The molecule has 13 heavy (non-hydrogen) atoms. The average Bonchev–Trinajstić information content (AvgIpc) is 2.61. The standard InChI is InChI=1S/C11H12OS/c12-6-1-2-9-3-4-11-10(8-9)5-7-13-11/h3-4,6,8H,1-2,5,7H2. The van der Waals surface area contributed by atoms with E-state index in [9.17, 15) is 4.79 Å². The number of hydrogen-bond donors (Lipinski definition) is 0. The Labute approximate surface area is 82.5 Å². The summed E-state index contributed by atoms with van der Waals surface area (Å²) in [6, 6.07) is 6.58. The molecule has 2 heteroatoms. The zero-order chi connectivity index (χ0) is 9.10. The number of rotatable bonds is 3. The van der Waals surface area contributed by atoms with E-state index in [1.165, 1.54) is 28.2 Å². The molecular formula is C11H12OS. The number of benzene rings is 1. The predicted octanol–water partition coefficient (Wildman–Crippen LogP) is 2.47. The summed E-state index contributed by atoms with van der Waals surface area (Å²) < 4.78 is 0. The third-order valence-corrected chi connectivity index (χ3v) is 3.42. The van der Waals surface area contributed by atoms with Gasteiger partial charge in [0.1, 0.15) is 6.29 Å². The lowest BCUT2D eigenvalue weighted by Crippen LogP contribution is -1.88. The summed E-state index contributed by atoms with van der Waals surface area (Å²) in [6.45, 7) is 0. The summed E-state index contributed by atoms with van der Waals surface area (Å²) in [5.41, 5.74) is 2.77. The first-order valence-electron chi connectivity index (χ1n) is 4.58. The fraction of sp³-hybridized carbons (Fsp3) is 0.364. The lowest BCUT2D eigenvalue weighted by molar-refractivity contribution is -0.107. The Morgan fingerprint density at radius 3 is 3.23 bits per heavy atom. The first-order valence-corrected chi connectivity index (χ1v) is 5.57. The van der Waals surface area contributed by atoms with Crippen molar-refractivity contribution in [1.29, 1.82) is 0 Å². The highest BCUT2D eigenvalue weighted by molar-refractivity contribution is 7.99. The molecule has 1 aromatic rings. The second-order valence-corrected chi connectivity index (χ2v) is 4.38. The molecule has 0 N–H and O–H groups in total. The zero-order valence-electron chi connectivity index (χ0n) is 7.45. The molecule has 0 aromatic heterocycles. The molecule has 0 bridgehead atoms. The highest BCUT2D eigenvalue weighted by atomic mass is 32.2. The molecule has 1 aliphatic heterocycles. The maximum Gasteiger partial charge on any atom is 0.120 e. The number of aryl methyl sites for hydroxylation is 2. The van der Waals surface area contributed by atoms with Crippen LogP contribution in [0.15, 0.2) is 23.1 Å². The first-order chi connectivity index (χ1) is 6.40. The van der Waals surface area contributed by atoms with Crippen molar-refractivity contribution in [3.8, 4) is 0 Å². The number of thioether (sulfide) groups is 1. The van der Waals surface area contributed by atoms with Crippen LogP contribution in [0, 0.1) is 0 Å². The Balaban J connectivity index is 2.16. The van der Waals surface area contributed by atoms with Gasteiger partial charge >= 0.3 is 0 Å². The Bertz CT molecular complexity index is 320. The number of hydrogen-bond acceptors (Lipinski definition) is 2. The lowest BCUT2D eigenvalue weighted by Gasteiger charge is -2.01. The van der Waals surface area contributed by atoms with Gasteiger partial charge in [-0.1, -0.05) is 12.1 Å². The molecule has 0 fully saturated rings. The minimum Gasteiger partial charge on any atom is -0.303 e. The van der Waals surface area contributed by atoms with Crippen LogP contribution < -0.4 is 0 Å². The molecule has 1 aromatic carbocycles. The van der Waals surface area contributed by atoms with E-state index in [0.29, 0.717) is 6.42 Å². The zero-order valence-corrected chi connectivity index (χ0v) is 8.27. The third kappa shape index (κ3) is 1.94. The second-order valence-electron chi connectivity index (χ2n) is 3.25. The van der Waals surface area contributed by atoms with Crippen LogP contribution in [0.1, 0.15) is 17.5 Å². The maximum absolute atomic E-state index is 10.2. The van der Waals surface area contributed by atoms with E-state index < -0.39 is 0 Å². The summed E-state index contributed by atoms with van der Waals surface area (Å²) in [5.74, 6) is 1.21. The minimum absolute atomic E-state index is 0.645. The Hall–Kier alpha value is -0.760. The highest BCUT2D eigenvalue weighted by Gasteiger charge is 2.10. The van der Waals surface area contributed by atoms with Crippen LogP contribution in [-0.4, -0.2) is 12.0 Å². The van der Waals surface area contributed by atoms with Crippen LogP contribution in [0.2, 0.25) is 0 Å². The van der Waals surface area contributed by atoms with E-state index in [1.54, 1.807) is 0 Å². The van der Waals surface area contributed by atoms with E-state index >= 15 is 0 Å². The summed E-state index contributed by atoms with van der Waals surface area (Å²) in [6.07, 6.45) is 3.71. The number of carbonyl (C=O) groups is 1. The minimum atomic E-state index is 0.645. The molecule has 0 unspecified atom stereocenters. The fourth-order valence-corrected chi connectivity index (χ4v) is 2.67. The first kappa shape index (κ1) is 8.82. The molecule has 0 atom stereocenters. The Morgan fingerprint density at radius 1 is 1.46 bits per heavy atom. The van der Waals surface area contributed by atoms with Gasteiger partial charge in [-0.25, -0.2) is 0 Å². The quantitative estimate of drug-likeness (QED) is 0.684. The van der Waals surface area contributed by atoms with Gasteiger partial charge in [-0.3, -0.25) is 0 Å². The van der Waals surface area contributed by atoms with Gasteiger partial charge in [-0.2, -0.15) is 0 Å². The van der Waals surface area contributed by atoms with Crippen LogP contribution in [0.3, 0.4) is 0 Å². The van der Waals surface area contributed by atoms with Gasteiger partial charge in [0.05, 0.1) is 0 Å². The molecular weight excluding hydrogens is 180 g/mol. The largest absolute Gasteiger partial charge is 0.303 e.